The van der Waals surface area contributed by atoms with E-state index in [2.05, 4.69) is 4.72 Å². The van der Waals surface area contributed by atoms with Crippen LogP contribution in [0.4, 0.5) is 0 Å². The smallest absolute Gasteiger partial charge is 0.263 e. The van der Waals surface area contributed by atoms with Gasteiger partial charge in [0.05, 0.1) is 18.1 Å². The van der Waals surface area contributed by atoms with Gasteiger partial charge < -0.3 is 14.4 Å². The van der Waals surface area contributed by atoms with Crippen LogP contribution >= 0.6 is 23.2 Å². The number of amides is 1. The summed E-state index contributed by atoms with van der Waals surface area (Å²) < 4.78 is 38.5. The Hall–Kier alpha value is -1.84. The molecule has 1 amide bonds. The molecule has 1 aliphatic rings. The maximum Gasteiger partial charge on any atom is 0.263 e. The van der Waals surface area contributed by atoms with E-state index in [1.807, 2.05) is 0 Å². The normalized spacial score (nSPS) is 15.6. The van der Waals surface area contributed by atoms with Gasteiger partial charge in [-0.3, -0.25) is 4.79 Å². The first-order valence-corrected chi connectivity index (χ1v) is 11.6. The zero-order valence-electron chi connectivity index (χ0n) is 16.3. The molecule has 0 bridgehead atoms. The van der Waals surface area contributed by atoms with Crippen LogP contribution in [0.1, 0.15) is 12.5 Å². The van der Waals surface area contributed by atoms with E-state index in [1.54, 1.807) is 30.0 Å². The predicted octanol–water partition coefficient (Wildman–Crippen LogP) is 3.10. The van der Waals surface area contributed by atoms with Crippen molar-refractivity contribution in [3.8, 4) is 5.75 Å². The number of carbonyl (C=O) groups excluding carboxylic acids is 1. The van der Waals surface area contributed by atoms with Crippen LogP contribution in [0.3, 0.4) is 0 Å². The lowest BCUT2D eigenvalue weighted by atomic mass is 10.2. The van der Waals surface area contributed by atoms with Gasteiger partial charge >= 0.3 is 0 Å². The lowest BCUT2D eigenvalue weighted by Gasteiger charge is -2.29. The number of morpholine rings is 1. The Bertz CT molecular complexity index is 993. The highest BCUT2D eigenvalue weighted by Gasteiger charge is 2.24. The second-order valence-electron chi connectivity index (χ2n) is 6.73. The Morgan fingerprint density at radius 3 is 2.47 bits per heavy atom. The van der Waals surface area contributed by atoms with Crippen molar-refractivity contribution in [3.05, 3.63) is 58.1 Å². The average Bonchev–Trinajstić information content (AvgIpc) is 2.73. The van der Waals surface area contributed by atoms with Crippen molar-refractivity contribution in [2.24, 2.45) is 0 Å². The van der Waals surface area contributed by atoms with Gasteiger partial charge in [-0.05, 0) is 48.9 Å². The summed E-state index contributed by atoms with van der Waals surface area (Å²) in [6, 6.07) is 10.7. The lowest BCUT2D eigenvalue weighted by Crippen LogP contribution is -2.46. The summed E-state index contributed by atoms with van der Waals surface area (Å²) in [4.78, 5) is 14.2. The highest BCUT2D eigenvalue weighted by molar-refractivity contribution is 7.89. The highest BCUT2D eigenvalue weighted by atomic mass is 35.5. The Kier molecular flexibility index (Phi) is 7.60. The summed E-state index contributed by atoms with van der Waals surface area (Å²) in [7, 11) is -3.75. The fraction of sp³-hybridized carbons (Fsp3) is 0.350. The van der Waals surface area contributed by atoms with Crippen molar-refractivity contribution < 1.29 is 22.7 Å². The minimum absolute atomic E-state index is 0.0294. The van der Waals surface area contributed by atoms with Crippen molar-refractivity contribution in [1.82, 2.24) is 9.62 Å². The molecule has 1 atom stereocenters. The van der Waals surface area contributed by atoms with Crippen LogP contribution < -0.4 is 9.46 Å². The fourth-order valence-electron chi connectivity index (χ4n) is 2.91. The Morgan fingerprint density at radius 1 is 1.17 bits per heavy atom. The van der Waals surface area contributed by atoms with Crippen molar-refractivity contribution in [2.75, 3.05) is 26.3 Å². The average molecular weight is 473 g/mol. The minimum Gasteiger partial charge on any atom is -0.481 e. The van der Waals surface area contributed by atoms with Crippen molar-refractivity contribution in [2.45, 2.75) is 24.5 Å². The first kappa shape index (κ1) is 22.8. The lowest BCUT2D eigenvalue weighted by molar-refractivity contribution is -0.142. The molecule has 0 saturated carbocycles. The van der Waals surface area contributed by atoms with Gasteiger partial charge in [0.15, 0.2) is 6.10 Å². The number of halogens is 2. The molecule has 7 nitrogen and oxygen atoms in total. The topological polar surface area (TPSA) is 84.9 Å². The molecule has 10 heteroatoms. The largest absolute Gasteiger partial charge is 0.481 e. The molecular weight excluding hydrogens is 451 g/mol. The second kappa shape index (κ2) is 9.98. The highest BCUT2D eigenvalue weighted by Crippen LogP contribution is 2.22. The van der Waals surface area contributed by atoms with Crippen LogP contribution in [-0.2, 0) is 26.1 Å². The van der Waals surface area contributed by atoms with Crippen molar-refractivity contribution in [3.63, 3.8) is 0 Å². The Morgan fingerprint density at radius 2 is 1.83 bits per heavy atom. The maximum absolute atomic E-state index is 12.5. The van der Waals surface area contributed by atoms with Gasteiger partial charge in [-0.25, -0.2) is 13.1 Å². The third kappa shape index (κ3) is 5.86. The molecule has 0 aliphatic carbocycles. The van der Waals surface area contributed by atoms with Gasteiger partial charge in [-0.1, -0.05) is 29.3 Å². The van der Waals surface area contributed by atoms with E-state index < -0.39 is 16.1 Å². The quantitative estimate of drug-likeness (QED) is 0.668. The molecule has 2 aromatic rings. The molecule has 1 fully saturated rings. The molecule has 0 radical (unpaired) electrons. The molecule has 1 saturated heterocycles. The number of hydrogen-bond donors (Lipinski definition) is 1. The molecule has 2 aromatic carbocycles. The molecule has 30 heavy (non-hydrogen) atoms. The van der Waals surface area contributed by atoms with E-state index >= 15 is 0 Å². The summed E-state index contributed by atoms with van der Waals surface area (Å²) >= 11 is 11.9. The van der Waals surface area contributed by atoms with Gasteiger partial charge in [0.2, 0.25) is 10.0 Å². The van der Waals surface area contributed by atoms with E-state index in [9.17, 15) is 13.2 Å². The van der Waals surface area contributed by atoms with Crippen molar-refractivity contribution in [1.29, 1.82) is 0 Å². The number of rotatable bonds is 7. The van der Waals surface area contributed by atoms with Gasteiger partial charge in [0, 0.05) is 29.7 Å². The van der Waals surface area contributed by atoms with E-state index in [0.29, 0.717) is 47.7 Å². The first-order chi connectivity index (χ1) is 14.3. The number of sulfonamides is 1. The van der Waals surface area contributed by atoms with E-state index in [1.165, 1.54) is 24.3 Å². The van der Waals surface area contributed by atoms with Gasteiger partial charge in [-0.15, -0.1) is 0 Å². The van der Waals surface area contributed by atoms with Crippen LogP contribution in [-0.4, -0.2) is 51.6 Å². The number of nitrogens with one attached hydrogen (secondary N) is 1. The van der Waals surface area contributed by atoms with Gasteiger partial charge in [-0.2, -0.15) is 0 Å². The molecule has 0 spiro atoms. The molecular formula is C20H22Cl2N2O5S. The second-order valence-corrected chi connectivity index (χ2v) is 9.34. The minimum atomic E-state index is -3.75. The zero-order chi connectivity index (χ0) is 21.7. The first-order valence-electron chi connectivity index (χ1n) is 9.33. The van der Waals surface area contributed by atoms with E-state index in [0.717, 1.165) is 0 Å². The molecule has 162 valence electrons. The van der Waals surface area contributed by atoms with Crippen LogP contribution in [0.25, 0.3) is 0 Å². The third-order valence-electron chi connectivity index (χ3n) is 4.59. The number of ether oxygens (including phenoxy) is 2. The molecule has 1 aliphatic heterocycles. The number of carbonyl (C=O) groups is 1. The Labute approximate surface area is 185 Å². The summed E-state index contributed by atoms with van der Waals surface area (Å²) in [5.41, 5.74) is 0.611. The van der Waals surface area contributed by atoms with Crippen molar-refractivity contribution >= 4 is 39.1 Å². The van der Waals surface area contributed by atoms with E-state index in [-0.39, 0.29) is 17.3 Å². The number of hydrogen-bond acceptors (Lipinski definition) is 5. The molecule has 1 heterocycles. The van der Waals surface area contributed by atoms with E-state index in [4.69, 9.17) is 32.7 Å². The Balaban J connectivity index is 1.60. The summed E-state index contributed by atoms with van der Waals surface area (Å²) in [6.07, 6.45) is -0.685. The molecule has 3 rings (SSSR count). The fourth-order valence-corrected chi connectivity index (χ4v) is 4.40. The maximum atomic E-state index is 12.5. The standard InChI is InChI=1S/C20H22Cl2N2O5S/c1-14(20(25)24-8-10-28-11-9-24)29-17-4-6-18(7-5-17)30(26,27)23-13-15-2-3-16(21)12-19(15)22/h2-7,12,14,23H,8-11,13H2,1H3/t14-/m0/s1. The molecule has 1 N–H and O–H groups in total. The zero-order valence-corrected chi connectivity index (χ0v) is 18.6. The monoisotopic (exact) mass is 472 g/mol. The van der Waals surface area contributed by atoms with Crippen LogP contribution in [0.5, 0.6) is 5.75 Å². The third-order valence-corrected chi connectivity index (χ3v) is 6.59. The van der Waals surface area contributed by atoms with Crippen LogP contribution in [0, 0.1) is 0 Å². The van der Waals surface area contributed by atoms with Gasteiger partial charge in [0.25, 0.3) is 5.91 Å². The SMILES string of the molecule is C[C@H](Oc1ccc(S(=O)(=O)NCc2ccc(Cl)cc2Cl)cc1)C(=O)N1CCOCC1. The van der Waals surface area contributed by atoms with Gasteiger partial charge in [0.1, 0.15) is 5.75 Å². The molecule has 0 aromatic heterocycles. The summed E-state index contributed by atoms with van der Waals surface area (Å²) in [6.45, 7) is 3.79. The number of nitrogens with zero attached hydrogens (tertiary/aromatic N) is 1. The molecule has 0 unspecified atom stereocenters. The predicted molar refractivity (Wildman–Crippen MR) is 114 cm³/mol. The number of benzene rings is 2. The summed E-state index contributed by atoms with van der Waals surface area (Å²) in [5.74, 6) is 0.278. The van der Waals surface area contributed by atoms with Crippen LogP contribution in [0.2, 0.25) is 10.0 Å². The van der Waals surface area contributed by atoms with Crippen LogP contribution in [0.15, 0.2) is 47.4 Å². The summed E-state index contributed by atoms with van der Waals surface area (Å²) in [5, 5.41) is 0.858.